The van der Waals surface area contributed by atoms with Crippen molar-refractivity contribution in [3.63, 3.8) is 0 Å². The predicted octanol–water partition coefficient (Wildman–Crippen LogP) is 3.27. The van der Waals surface area contributed by atoms with Gasteiger partial charge < -0.3 is 19.9 Å². The number of likely N-dealkylation sites (tertiary alicyclic amines) is 1. The maximum Gasteiger partial charge on any atom is 0.471 e. The normalized spacial score (nSPS) is 16.9. The van der Waals surface area contributed by atoms with Crippen LogP contribution in [0.2, 0.25) is 0 Å². The molecule has 3 heterocycles. The van der Waals surface area contributed by atoms with Gasteiger partial charge in [-0.1, -0.05) is 6.07 Å². The Kier molecular flexibility index (Phi) is 9.86. The number of nitrogens with one attached hydrogen (secondary N) is 2. The minimum absolute atomic E-state index is 0.00273. The molecule has 2 aliphatic rings. The highest BCUT2D eigenvalue weighted by Gasteiger charge is 2.43. The highest BCUT2D eigenvalue weighted by molar-refractivity contribution is 5.88. The van der Waals surface area contributed by atoms with Crippen LogP contribution in [0.3, 0.4) is 0 Å². The van der Waals surface area contributed by atoms with Crippen LogP contribution in [0.4, 0.5) is 28.6 Å². The number of alkyl halides is 3. The molecule has 0 unspecified atom stereocenters. The standard InChI is InChI=1S/C29H38F3N7O5/c1-19-17-22(6-5-20(19)18-36-10-7-21(8-11-36)33-27(43)44-28(2,3)4)39-12-9-23(35-26(39)42)34-25(41)38-15-13-37(14-16-38)24(40)29(30,31)32/h5-6,9,12,17,21H,7-8,10-11,13-16,18H2,1-4H3,(H,33,43)(H,34,35,41,42). The summed E-state index contributed by atoms with van der Waals surface area (Å²) in [5.74, 6) is -1.93. The van der Waals surface area contributed by atoms with Gasteiger partial charge in [-0.25, -0.2) is 14.4 Å². The van der Waals surface area contributed by atoms with E-state index in [9.17, 15) is 32.3 Å². The second kappa shape index (κ2) is 13.2. The molecule has 2 N–H and O–H groups in total. The number of ether oxygens (including phenoxy) is 1. The summed E-state index contributed by atoms with van der Waals surface area (Å²) in [6.07, 6.45) is -2.25. The number of alkyl carbamates (subject to hydrolysis) is 1. The third-order valence-electron chi connectivity index (χ3n) is 7.44. The maximum atomic E-state index is 12.8. The number of hydrogen-bond donors (Lipinski definition) is 2. The number of benzene rings is 1. The Morgan fingerprint density at radius 1 is 0.977 bits per heavy atom. The Morgan fingerprint density at radius 3 is 2.18 bits per heavy atom. The molecule has 0 aliphatic carbocycles. The van der Waals surface area contributed by atoms with Gasteiger partial charge in [0.1, 0.15) is 11.4 Å². The van der Waals surface area contributed by atoms with E-state index < -0.39 is 35.5 Å². The van der Waals surface area contributed by atoms with Crippen molar-refractivity contribution in [2.24, 2.45) is 0 Å². The number of nitrogens with zero attached hydrogens (tertiary/aromatic N) is 5. The molecule has 1 aromatic heterocycles. The summed E-state index contributed by atoms with van der Waals surface area (Å²) in [7, 11) is 0. The Balaban J connectivity index is 1.29. The van der Waals surface area contributed by atoms with Gasteiger partial charge in [-0.3, -0.25) is 19.6 Å². The minimum atomic E-state index is -4.96. The molecule has 4 amide bonds. The lowest BCUT2D eigenvalue weighted by Crippen LogP contribution is -2.54. The largest absolute Gasteiger partial charge is 0.471 e. The number of rotatable bonds is 5. The Hall–Kier alpha value is -4.14. The number of amides is 4. The van der Waals surface area contributed by atoms with Crippen LogP contribution in [0, 0.1) is 6.92 Å². The average Bonchev–Trinajstić information content (AvgIpc) is 2.93. The van der Waals surface area contributed by atoms with E-state index in [1.807, 2.05) is 45.9 Å². The number of carbonyl (C=O) groups is 3. The maximum absolute atomic E-state index is 12.8. The molecule has 0 spiro atoms. The van der Waals surface area contributed by atoms with E-state index in [-0.39, 0.29) is 38.0 Å². The van der Waals surface area contributed by atoms with Crippen LogP contribution in [0.1, 0.15) is 44.7 Å². The van der Waals surface area contributed by atoms with Gasteiger partial charge >= 0.3 is 29.9 Å². The zero-order chi connectivity index (χ0) is 32.2. The van der Waals surface area contributed by atoms with E-state index in [1.54, 1.807) is 0 Å². The molecule has 0 bridgehead atoms. The van der Waals surface area contributed by atoms with Gasteiger partial charge in [-0.15, -0.1) is 0 Å². The first kappa shape index (κ1) is 32.8. The third kappa shape index (κ3) is 8.71. The van der Waals surface area contributed by atoms with Crippen molar-refractivity contribution in [1.29, 1.82) is 0 Å². The van der Waals surface area contributed by atoms with Gasteiger partial charge in [-0.05, 0) is 69.9 Å². The van der Waals surface area contributed by atoms with E-state index in [0.29, 0.717) is 10.6 Å². The van der Waals surface area contributed by atoms with E-state index >= 15 is 0 Å². The van der Waals surface area contributed by atoms with E-state index in [1.165, 1.54) is 21.7 Å². The minimum Gasteiger partial charge on any atom is -0.444 e. The average molecular weight is 622 g/mol. The molecule has 240 valence electrons. The van der Waals surface area contributed by atoms with Gasteiger partial charge in [0.05, 0.1) is 5.69 Å². The lowest BCUT2D eigenvalue weighted by Gasteiger charge is -2.34. The second-order valence-electron chi connectivity index (χ2n) is 12.0. The van der Waals surface area contributed by atoms with Gasteiger partial charge in [0, 0.05) is 58.1 Å². The van der Waals surface area contributed by atoms with Crippen molar-refractivity contribution < 1.29 is 32.3 Å². The molecule has 1 aromatic carbocycles. The SMILES string of the molecule is Cc1cc(-n2ccc(NC(=O)N3CCN(C(=O)C(F)(F)F)CC3)nc2=O)ccc1CN1CCC(NC(=O)OC(C)(C)C)CC1. The van der Waals surface area contributed by atoms with E-state index in [2.05, 4.69) is 20.5 Å². The van der Waals surface area contributed by atoms with Crippen molar-refractivity contribution in [2.75, 3.05) is 44.6 Å². The Labute approximate surface area is 253 Å². The molecular weight excluding hydrogens is 583 g/mol. The van der Waals surface area contributed by atoms with E-state index in [4.69, 9.17) is 4.74 Å². The summed E-state index contributed by atoms with van der Waals surface area (Å²) < 4.78 is 44.6. The predicted molar refractivity (Wildman–Crippen MR) is 155 cm³/mol. The van der Waals surface area contributed by atoms with Gasteiger partial charge in [0.15, 0.2) is 0 Å². The number of piperidine rings is 1. The number of aromatic nitrogens is 2. The lowest BCUT2D eigenvalue weighted by atomic mass is 10.0. The number of urea groups is 1. The number of carbonyl (C=O) groups excluding carboxylic acids is 3. The van der Waals surface area contributed by atoms with Gasteiger partial charge in [-0.2, -0.15) is 18.2 Å². The zero-order valence-electron chi connectivity index (χ0n) is 25.2. The first-order valence-electron chi connectivity index (χ1n) is 14.4. The van der Waals surface area contributed by atoms with Crippen molar-refractivity contribution in [2.45, 2.75) is 64.9 Å². The Morgan fingerprint density at radius 2 is 1.61 bits per heavy atom. The molecule has 0 radical (unpaired) electrons. The van der Waals surface area contributed by atoms with E-state index in [0.717, 1.165) is 43.6 Å². The van der Waals surface area contributed by atoms with Gasteiger partial charge in [0.2, 0.25) is 0 Å². The highest BCUT2D eigenvalue weighted by Crippen LogP contribution is 2.21. The van der Waals surface area contributed by atoms with Crippen molar-refractivity contribution in [3.05, 3.63) is 52.1 Å². The quantitative estimate of drug-likeness (QED) is 0.525. The summed E-state index contributed by atoms with van der Waals surface area (Å²) in [4.78, 5) is 57.0. The van der Waals surface area contributed by atoms with Gasteiger partial charge in [0.25, 0.3) is 0 Å². The zero-order valence-corrected chi connectivity index (χ0v) is 25.2. The van der Waals surface area contributed by atoms with Crippen molar-refractivity contribution >= 4 is 23.8 Å². The molecule has 0 atom stereocenters. The monoisotopic (exact) mass is 621 g/mol. The molecule has 0 saturated carbocycles. The van der Waals surface area contributed by atoms with Crippen LogP contribution >= 0.6 is 0 Å². The molecule has 4 rings (SSSR count). The topological polar surface area (TPSA) is 129 Å². The van der Waals surface area contributed by atoms with Crippen LogP contribution in [0.25, 0.3) is 5.69 Å². The smallest absolute Gasteiger partial charge is 0.444 e. The molecular formula is C29H38F3N7O5. The fraction of sp³-hybridized carbons (Fsp3) is 0.552. The number of hydrogen-bond acceptors (Lipinski definition) is 7. The molecule has 2 aromatic rings. The molecule has 2 aliphatic heterocycles. The molecule has 2 fully saturated rings. The number of piperazine rings is 1. The van der Waals surface area contributed by atoms with Crippen molar-refractivity contribution in [1.82, 2.24) is 29.6 Å². The van der Waals surface area contributed by atoms with Crippen LogP contribution in [-0.2, 0) is 16.1 Å². The highest BCUT2D eigenvalue weighted by atomic mass is 19.4. The summed E-state index contributed by atoms with van der Waals surface area (Å²) in [5, 5.41) is 5.44. The fourth-order valence-electron chi connectivity index (χ4n) is 5.11. The van der Waals surface area contributed by atoms with Crippen molar-refractivity contribution in [3.8, 4) is 5.69 Å². The van der Waals surface area contributed by atoms with Crippen LogP contribution in [0.15, 0.2) is 35.3 Å². The first-order valence-corrected chi connectivity index (χ1v) is 14.4. The summed E-state index contributed by atoms with van der Waals surface area (Å²) in [6.45, 7) is 9.15. The summed E-state index contributed by atoms with van der Waals surface area (Å²) >= 11 is 0. The van der Waals surface area contributed by atoms with Crippen LogP contribution < -0.4 is 16.3 Å². The van der Waals surface area contributed by atoms with Crippen LogP contribution in [-0.4, -0.2) is 99.4 Å². The summed E-state index contributed by atoms with van der Waals surface area (Å²) in [5.41, 5.74) is 1.54. The van der Waals surface area contributed by atoms with Crippen LogP contribution in [0.5, 0.6) is 0 Å². The Bertz CT molecular complexity index is 1420. The molecule has 12 nitrogen and oxygen atoms in total. The lowest BCUT2D eigenvalue weighted by molar-refractivity contribution is -0.186. The number of halogens is 3. The number of aryl methyl sites for hydroxylation is 1. The third-order valence-corrected chi connectivity index (χ3v) is 7.44. The first-order chi connectivity index (χ1) is 20.6. The second-order valence-corrected chi connectivity index (χ2v) is 12.0. The summed E-state index contributed by atoms with van der Waals surface area (Å²) in [6, 6.07) is 6.56. The fourth-order valence-corrected chi connectivity index (χ4v) is 5.11. The number of anilines is 1. The molecule has 15 heteroatoms. The molecule has 44 heavy (non-hydrogen) atoms. The molecule has 2 saturated heterocycles.